The third-order valence-corrected chi connectivity index (χ3v) is 6.75. The van der Waals surface area contributed by atoms with Crippen LogP contribution in [0.5, 0.6) is 0 Å². The number of rotatable bonds is 3. The minimum atomic E-state index is -0.621. The van der Waals surface area contributed by atoms with Crippen molar-refractivity contribution < 1.29 is 5.94 Å². The summed E-state index contributed by atoms with van der Waals surface area (Å²) in [6.07, 6.45) is 3.12. The Balaban J connectivity index is 1.80. The molecule has 1 aromatic heterocycles. The van der Waals surface area contributed by atoms with Gasteiger partial charge in [-0.15, -0.1) is 0 Å². The van der Waals surface area contributed by atoms with E-state index < -0.39 is 5.89 Å². The van der Waals surface area contributed by atoms with Crippen LogP contribution < -0.4 is 4.57 Å². The highest BCUT2D eigenvalue weighted by molar-refractivity contribution is 5.94. The molecule has 1 heteroatoms. The van der Waals surface area contributed by atoms with Gasteiger partial charge in [-0.2, -0.15) is 0 Å². The maximum absolute atomic E-state index is 8.54. The normalized spacial score (nSPS) is 13.0. The van der Waals surface area contributed by atoms with E-state index in [1.807, 2.05) is 13.8 Å². The zero-order valence-corrected chi connectivity index (χ0v) is 19.1. The molecule has 0 spiro atoms. The van der Waals surface area contributed by atoms with Gasteiger partial charge >= 0.3 is 0 Å². The summed E-state index contributed by atoms with van der Waals surface area (Å²) in [5.41, 5.74) is 14.2. The minimum absolute atomic E-state index is 0.621. The minimum Gasteiger partial charge on any atom is -0.201 e. The second-order valence-corrected chi connectivity index (χ2v) is 9.02. The van der Waals surface area contributed by atoms with Crippen molar-refractivity contribution in [1.29, 1.82) is 0 Å². The molecule has 0 bridgehead atoms. The van der Waals surface area contributed by atoms with E-state index in [1.165, 1.54) is 55.8 Å². The van der Waals surface area contributed by atoms with Crippen LogP contribution in [-0.4, -0.2) is 0 Å². The Labute approximate surface area is 187 Å². The van der Waals surface area contributed by atoms with E-state index in [2.05, 4.69) is 98.4 Å². The van der Waals surface area contributed by atoms with Gasteiger partial charge < -0.3 is 0 Å². The average Bonchev–Trinajstić information content (AvgIpc) is 3.16. The average molecular weight is 406 g/mol. The Morgan fingerprint density at radius 1 is 0.871 bits per heavy atom. The molecule has 5 rings (SSSR count). The van der Waals surface area contributed by atoms with Crippen molar-refractivity contribution in [3.05, 3.63) is 101 Å². The van der Waals surface area contributed by atoms with Crippen LogP contribution >= 0.6 is 0 Å². The second-order valence-electron chi connectivity index (χ2n) is 9.02. The van der Waals surface area contributed by atoms with Crippen LogP contribution in [0.25, 0.3) is 33.5 Å². The van der Waals surface area contributed by atoms with Crippen LogP contribution in [-0.2, 0) is 13.5 Å². The molecule has 0 radical (unpaired) electrons. The summed E-state index contributed by atoms with van der Waals surface area (Å²) < 4.78 is 10.7. The molecule has 1 aliphatic rings. The number of hydrogen-bond acceptors (Lipinski definition) is 0. The lowest BCUT2D eigenvalue weighted by Crippen LogP contribution is -2.32. The first-order valence-corrected chi connectivity index (χ1v) is 11.1. The van der Waals surface area contributed by atoms with Crippen molar-refractivity contribution in [1.82, 2.24) is 0 Å². The lowest BCUT2D eigenvalue weighted by Gasteiger charge is -2.17. The van der Waals surface area contributed by atoms with E-state index in [9.17, 15) is 0 Å². The van der Waals surface area contributed by atoms with Gasteiger partial charge in [0.05, 0.1) is 0 Å². The third-order valence-electron chi connectivity index (χ3n) is 6.75. The molecule has 0 atom stereocenters. The van der Waals surface area contributed by atoms with Gasteiger partial charge in [-0.25, -0.2) is 4.57 Å². The first-order valence-electron chi connectivity index (χ1n) is 11.6. The Morgan fingerprint density at radius 3 is 2.32 bits per heavy atom. The molecule has 1 heterocycles. The van der Waals surface area contributed by atoms with Gasteiger partial charge in [-0.3, -0.25) is 0 Å². The molecule has 0 saturated heterocycles. The fraction of sp³-hybridized carbons (Fsp3) is 0.233. The molecule has 0 amide bonds. The molecule has 1 nitrogen and oxygen atoms in total. The van der Waals surface area contributed by atoms with E-state index in [1.54, 1.807) is 0 Å². The fourth-order valence-electron chi connectivity index (χ4n) is 5.13. The summed E-state index contributed by atoms with van der Waals surface area (Å²) >= 11 is 0. The van der Waals surface area contributed by atoms with Crippen LogP contribution in [0.1, 0.15) is 48.9 Å². The lowest BCUT2D eigenvalue weighted by molar-refractivity contribution is -0.660. The van der Waals surface area contributed by atoms with Crippen LogP contribution in [0.3, 0.4) is 0 Å². The van der Waals surface area contributed by atoms with Gasteiger partial charge in [0.25, 0.3) is 0 Å². The second kappa shape index (κ2) is 7.50. The number of aromatic nitrogens is 1. The van der Waals surface area contributed by atoms with Crippen LogP contribution in [0.2, 0.25) is 0 Å². The number of aryl methyl sites for hydroxylation is 2. The SMILES string of the molecule is [2H]C(C)(C)c1c[n+](C)c(-c2cc(-c3ccccc3)c3c(c2C)Cc2ccccc2-3)cc1C. The molecule has 154 valence electrons. The summed E-state index contributed by atoms with van der Waals surface area (Å²) in [5.74, 6) is -0.621. The molecule has 0 N–H and O–H groups in total. The van der Waals surface area contributed by atoms with Gasteiger partial charge in [-0.05, 0) is 76.7 Å². The predicted octanol–water partition coefficient (Wildman–Crippen LogP) is 7.16. The number of hydrogen-bond donors (Lipinski definition) is 0. The van der Waals surface area contributed by atoms with Crippen molar-refractivity contribution in [2.45, 2.75) is 40.0 Å². The number of fused-ring (bicyclic) bond motifs is 3. The molecule has 4 aromatic rings. The molecule has 0 unspecified atom stereocenters. The first-order chi connectivity index (χ1) is 15.3. The Hall–Kier alpha value is -3.19. The molecule has 0 fully saturated rings. The quantitative estimate of drug-likeness (QED) is 0.280. The molecular weight excluding hydrogens is 374 g/mol. The van der Waals surface area contributed by atoms with Crippen LogP contribution in [0.4, 0.5) is 0 Å². The zero-order chi connectivity index (χ0) is 22.6. The summed E-state index contributed by atoms with van der Waals surface area (Å²) in [4.78, 5) is 0. The molecule has 1 aliphatic carbocycles. The zero-order valence-electron chi connectivity index (χ0n) is 20.1. The van der Waals surface area contributed by atoms with Gasteiger partial charge in [-0.1, -0.05) is 68.4 Å². The maximum Gasteiger partial charge on any atom is 0.212 e. The van der Waals surface area contributed by atoms with Crippen molar-refractivity contribution in [2.75, 3.05) is 0 Å². The number of pyridine rings is 1. The number of benzene rings is 3. The van der Waals surface area contributed by atoms with Crippen LogP contribution in [0.15, 0.2) is 72.9 Å². The topological polar surface area (TPSA) is 3.88 Å². The van der Waals surface area contributed by atoms with Crippen LogP contribution in [0, 0.1) is 13.8 Å². The lowest BCUT2D eigenvalue weighted by atomic mass is 9.87. The summed E-state index contributed by atoms with van der Waals surface area (Å²) in [5, 5.41) is 0. The van der Waals surface area contributed by atoms with Gasteiger partial charge in [0.1, 0.15) is 7.05 Å². The van der Waals surface area contributed by atoms with Crippen molar-refractivity contribution in [3.63, 3.8) is 0 Å². The maximum atomic E-state index is 8.54. The van der Waals surface area contributed by atoms with E-state index in [4.69, 9.17) is 1.37 Å². The predicted molar refractivity (Wildman–Crippen MR) is 130 cm³/mol. The standard InChI is InChI=1S/C30H30N/c1-19(2)28-18-31(5)29(15-20(28)3)25-17-27(22-11-7-6-8-12-22)30-24-14-10-9-13-23(24)16-26(30)21(25)4/h6-15,17-19H,16H2,1-5H3/q+1/i19D. The van der Waals surface area contributed by atoms with Gasteiger partial charge in [0.2, 0.25) is 5.69 Å². The van der Waals surface area contributed by atoms with E-state index in [0.717, 1.165) is 12.0 Å². The highest BCUT2D eigenvalue weighted by atomic mass is 14.9. The van der Waals surface area contributed by atoms with E-state index in [-0.39, 0.29) is 0 Å². The Bertz CT molecular complexity index is 1340. The van der Waals surface area contributed by atoms with Crippen molar-refractivity contribution in [2.24, 2.45) is 7.05 Å². The summed E-state index contributed by atoms with van der Waals surface area (Å²) in [6, 6.07) is 24.2. The van der Waals surface area contributed by atoms with Gasteiger partial charge in [0.15, 0.2) is 6.20 Å². The van der Waals surface area contributed by atoms with Gasteiger partial charge in [0, 0.05) is 18.6 Å². The fourth-order valence-corrected chi connectivity index (χ4v) is 5.13. The summed E-state index contributed by atoms with van der Waals surface area (Å²) in [6.45, 7) is 8.32. The molecule has 0 aliphatic heterocycles. The Morgan fingerprint density at radius 2 is 1.58 bits per heavy atom. The highest BCUT2D eigenvalue weighted by Gasteiger charge is 2.28. The largest absolute Gasteiger partial charge is 0.212 e. The summed E-state index contributed by atoms with van der Waals surface area (Å²) in [7, 11) is 2.10. The van der Waals surface area contributed by atoms with Crippen molar-refractivity contribution >= 4 is 0 Å². The third kappa shape index (κ3) is 3.20. The Kier molecular flexibility index (Phi) is 4.49. The molecule has 0 saturated carbocycles. The highest BCUT2D eigenvalue weighted by Crippen LogP contribution is 2.47. The monoisotopic (exact) mass is 405 g/mol. The van der Waals surface area contributed by atoms with E-state index >= 15 is 0 Å². The van der Waals surface area contributed by atoms with Crippen molar-refractivity contribution in [3.8, 4) is 33.5 Å². The first kappa shape index (κ1) is 18.6. The molecule has 31 heavy (non-hydrogen) atoms. The number of nitrogens with zero attached hydrogens (tertiary/aromatic N) is 1. The molecule has 3 aromatic carbocycles. The van der Waals surface area contributed by atoms with E-state index in [0.29, 0.717) is 0 Å². The molecular formula is C30H30N+. The smallest absolute Gasteiger partial charge is 0.201 e.